The molecule has 1 heterocycles. The van der Waals surface area contributed by atoms with Crippen molar-refractivity contribution in [2.24, 2.45) is 0 Å². The minimum atomic E-state index is -4.68. The van der Waals surface area contributed by atoms with Crippen LogP contribution < -0.4 is 9.64 Å². The van der Waals surface area contributed by atoms with Gasteiger partial charge in [0.15, 0.2) is 0 Å². The van der Waals surface area contributed by atoms with Crippen LogP contribution >= 0.6 is 0 Å². The molecule has 36 heavy (non-hydrogen) atoms. The zero-order valence-electron chi connectivity index (χ0n) is 19.3. The Morgan fingerprint density at radius 1 is 0.972 bits per heavy atom. The number of alkyl halides is 3. The second-order valence-corrected chi connectivity index (χ2v) is 8.50. The van der Waals surface area contributed by atoms with Crippen LogP contribution in [0.5, 0.6) is 11.5 Å². The van der Waals surface area contributed by atoms with Gasteiger partial charge < -0.3 is 14.9 Å². The van der Waals surface area contributed by atoms with Gasteiger partial charge in [-0.05, 0) is 74.0 Å². The first kappa shape index (κ1) is 24.8. The van der Waals surface area contributed by atoms with Crippen LogP contribution in [-0.2, 0) is 15.8 Å². The molecule has 1 atom stereocenters. The molecule has 0 bridgehead atoms. The summed E-state index contributed by atoms with van der Waals surface area (Å²) >= 11 is 0. The molecular formula is C27H22F3NO5. The van der Waals surface area contributed by atoms with Gasteiger partial charge in [-0.3, -0.25) is 14.5 Å². The molecule has 0 saturated carbocycles. The molecule has 1 unspecified atom stereocenters. The number of aliphatic hydroxyl groups excluding tert-OH is 1. The molecule has 3 aromatic rings. The first-order chi connectivity index (χ1) is 17.0. The lowest BCUT2D eigenvalue weighted by atomic mass is 9.95. The second-order valence-electron chi connectivity index (χ2n) is 8.50. The standard InChI is InChI=1S/C27H22F3NO5/c1-15(2)36-21-11-9-16(10-12-21)24(33)22-23(17-5-3-8-20(32)13-17)31(26(35)25(22)34)19-7-4-6-18(14-19)27(28,29)30/h3-15,23,32-33H,1-2H3/b24-22+. The summed E-state index contributed by atoms with van der Waals surface area (Å²) in [6.07, 6.45) is -4.77. The van der Waals surface area contributed by atoms with Gasteiger partial charge in [0.25, 0.3) is 11.7 Å². The highest BCUT2D eigenvalue weighted by molar-refractivity contribution is 6.51. The Bertz CT molecular complexity index is 1350. The van der Waals surface area contributed by atoms with Gasteiger partial charge in [0.1, 0.15) is 17.3 Å². The molecule has 0 aliphatic carbocycles. The number of benzene rings is 3. The predicted octanol–water partition coefficient (Wildman–Crippen LogP) is 5.82. The van der Waals surface area contributed by atoms with Crippen LogP contribution in [0.4, 0.5) is 18.9 Å². The van der Waals surface area contributed by atoms with Crippen LogP contribution in [0.1, 0.15) is 36.6 Å². The van der Waals surface area contributed by atoms with Crippen LogP contribution in [0.2, 0.25) is 0 Å². The SMILES string of the molecule is CC(C)Oc1ccc(/C(O)=C2\C(=O)C(=O)N(c3cccc(C(F)(F)F)c3)C2c2cccc(O)c2)cc1. The first-order valence-corrected chi connectivity index (χ1v) is 11.0. The van der Waals surface area contributed by atoms with Gasteiger partial charge >= 0.3 is 6.18 Å². The summed E-state index contributed by atoms with van der Waals surface area (Å²) in [7, 11) is 0. The summed E-state index contributed by atoms with van der Waals surface area (Å²) in [5.41, 5.74) is -1.07. The van der Waals surface area contributed by atoms with Crippen LogP contribution in [0.25, 0.3) is 5.76 Å². The number of hydrogen-bond acceptors (Lipinski definition) is 5. The molecule has 1 amide bonds. The molecule has 1 aliphatic rings. The van der Waals surface area contributed by atoms with Crippen LogP contribution in [0.3, 0.4) is 0 Å². The van der Waals surface area contributed by atoms with Crippen LogP contribution in [0, 0.1) is 0 Å². The number of rotatable bonds is 5. The number of carbonyl (C=O) groups is 2. The topological polar surface area (TPSA) is 87.1 Å². The highest BCUT2D eigenvalue weighted by Gasteiger charge is 2.47. The molecule has 2 N–H and O–H groups in total. The van der Waals surface area contributed by atoms with E-state index >= 15 is 0 Å². The van der Waals surface area contributed by atoms with Crippen molar-refractivity contribution in [3.05, 3.63) is 95.1 Å². The minimum absolute atomic E-state index is 0.0898. The van der Waals surface area contributed by atoms with Gasteiger partial charge in [0.05, 0.1) is 23.3 Å². The fourth-order valence-electron chi connectivity index (χ4n) is 4.06. The predicted molar refractivity (Wildman–Crippen MR) is 127 cm³/mol. The summed E-state index contributed by atoms with van der Waals surface area (Å²) in [5.74, 6) is -2.34. The van der Waals surface area contributed by atoms with Crippen molar-refractivity contribution in [3.8, 4) is 11.5 Å². The number of ether oxygens (including phenoxy) is 1. The highest BCUT2D eigenvalue weighted by atomic mass is 19.4. The average molecular weight is 497 g/mol. The Hall–Kier alpha value is -4.27. The van der Waals surface area contributed by atoms with Gasteiger partial charge in [0, 0.05) is 11.3 Å². The molecule has 1 aliphatic heterocycles. The summed E-state index contributed by atoms with van der Waals surface area (Å²) < 4.78 is 45.7. The van der Waals surface area contributed by atoms with E-state index in [1.165, 1.54) is 42.5 Å². The van der Waals surface area contributed by atoms with E-state index in [4.69, 9.17) is 4.74 Å². The quantitative estimate of drug-likeness (QED) is 0.263. The number of hydrogen-bond donors (Lipinski definition) is 2. The average Bonchev–Trinajstić information content (AvgIpc) is 3.09. The third kappa shape index (κ3) is 4.77. The van der Waals surface area contributed by atoms with Crippen molar-refractivity contribution in [3.63, 3.8) is 0 Å². The van der Waals surface area contributed by atoms with E-state index in [0.29, 0.717) is 5.75 Å². The molecule has 0 aromatic heterocycles. The zero-order valence-corrected chi connectivity index (χ0v) is 19.3. The third-order valence-electron chi connectivity index (χ3n) is 5.58. The minimum Gasteiger partial charge on any atom is -0.508 e. The molecule has 0 spiro atoms. The van der Waals surface area contributed by atoms with E-state index in [-0.39, 0.29) is 34.2 Å². The van der Waals surface area contributed by atoms with E-state index < -0.39 is 35.2 Å². The molecule has 1 fully saturated rings. The number of carbonyl (C=O) groups excluding carboxylic acids is 2. The van der Waals surface area contributed by atoms with E-state index in [0.717, 1.165) is 23.1 Å². The highest BCUT2D eigenvalue weighted by Crippen LogP contribution is 2.44. The Kier molecular flexibility index (Phi) is 6.49. The fourth-order valence-corrected chi connectivity index (χ4v) is 4.06. The summed E-state index contributed by atoms with van der Waals surface area (Å²) in [6.45, 7) is 3.69. The number of amides is 1. The monoisotopic (exact) mass is 497 g/mol. The van der Waals surface area contributed by atoms with Gasteiger partial charge in [-0.15, -0.1) is 0 Å². The van der Waals surface area contributed by atoms with E-state index in [9.17, 15) is 33.0 Å². The van der Waals surface area contributed by atoms with Crippen molar-refractivity contribution in [1.82, 2.24) is 0 Å². The fraction of sp³-hybridized carbons (Fsp3) is 0.185. The number of Topliss-reactive ketones (excluding diaryl/α,β-unsaturated/α-hetero) is 1. The van der Waals surface area contributed by atoms with Crippen LogP contribution in [0.15, 0.2) is 78.4 Å². The molecule has 4 rings (SSSR count). The number of aromatic hydroxyl groups is 1. The maximum absolute atomic E-state index is 13.4. The Balaban J connectivity index is 1.89. The third-order valence-corrected chi connectivity index (χ3v) is 5.58. The molecule has 0 radical (unpaired) electrons. The summed E-state index contributed by atoms with van der Waals surface area (Å²) in [6, 6.07) is 14.5. The Labute approximate surface area is 204 Å². The number of nitrogens with zero attached hydrogens (tertiary/aromatic N) is 1. The zero-order chi connectivity index (χ0) is 26.2. The molecule has 1 saturated heterocycles. The van der Waals surface area contributed by atoms with Crippen molar-refractivity contribution in [1.29, 1.82) is 0 Å². The maximum atomic E-state index is 13.4. The van der Waals surface area contributed by atoms with Crippen molar-refractivity contribution in [2.75, 3.05) is 4.90 Å². The molecule has 6 nitrogen and oxygen atoms in total. The number of phenols is 1. The van der Waals surface area contributed by atoms with E-state index in [1.807, 2.05) is 13.8 Å². The number of aliphatic hydroxyl groups is 1. The van der Waals surface area contributed by atoms with Gasteiger partial charge in [-0.2, -0.15) is 13.2 Å². The van der Waals surface area contributed by atoms with Gasteiger partial charge in [-0.1, -0.05) is 18.2 Å². The number of halogens is 3. The molecule has 3 aromatic carbocycles. The lowest BCUT2D eigenvalue weighted by molar-refractivity contribution is -0.137. The maximum Gasteiger partial charge on any atom is 0.416 e. The van der Waals surface area contributed by atoms with Crippen molar-refractivity contribution < 1.29 is 37.7 Å². The number of phenolic OH excluding ortho intramolecular Hbond substituents is 1. The molecule has 186 valence electrons. The summed E-state index contributed by atoms with van der Waals surface area (Å²) in [5, 5.41) is 21.2. The van der Waals surface area contributed by atoms with Crippen LogP contribution in [-0.4, -0.2) is 28.0 Å². The van der Waals surface area contributed by atoms with E-state index in [1.54, 1.807) is 12.1 Å². The second kappa shape index (κ2) is 9.41. The molecule has 9 heteroatoms. The number of anilines is 1. The lowest BCUT2D eigenvalue weighted by Gasteiger charge is -2.26. The normalized spacial score (nSPS) is 17.6. The molecular weight excluding hydrogens is 475 g/mol. The smallest absolute Gasteiger partial charge is 0.416 e. The van der Waals surface area contributed by atoms with Crippen molar-refractivity contribution >= 4 is 23.1 Å². The van der Waals surface area contributed by atoms with Gasteiger partial charge in [0.2, 0.25) is 0 Å². The lowest BCUT2D eigenvalue weighted by Crippen LogP contribution is -2.29. The summed E-state index contributed by atoms with van der Waals surface area (Å²) in [4.78, 5) is 27.2. The first-order valence-electron chi connectivity index (χ1n) is 11.0. The van der Waals surface area contributed by atoms with Gasteiger partial charge in [-0.25, -0.2) is 0 Å². The van der Waals surface area contributed by atoms with E-state index in [2.05, 4.69) is 0 Å². The van der Waals surface area contributed by atoms with Crippen molar-refractivity contribution in [2.45, 2.75) is 32.2 Å². The Morgan fingerprint density at radius 3 is 2.25 bits per heavy atom. The number of ketones is 1. The Morgan fingerprint density at radius 2 is 1.64 bits per heavy atom. The largest absolute Gasteiger partial charge is 0.508 e.